The van der Waals surface area contributed by atoms with Crippen LogP contribution in [0.3, 0.4) is 0 Å². The third-order valence-corrected chi connectivity index (χ3v) is 2.57. The van der Waals surface area contributed by atoms with Gasteiger partial charge in [0.15, 0.2) is 0 Å². The van der Waals surface area contributed by atoms with E-state index in [1.54, 1.807) is 0 Å². The predicted molar refractivity (Wildman–Crippen MR) is 69.5 cm³/mol. The molecule has 0 aromatic carbocycles. The van der Waals surface area contributed by atoms with Gasteiger partial charge in [0, 0.05) is 25.6 Å². The summed E-state index contributed by atoms with van der Waals surface area (Å²) in [4.78, 5) is 13.6. The zero-order valence-electron chi connectivity index (χ0n) is 11.6. The summed E-state index contributed by atoms with van der Waals surface area (Å²) < 4.78 is 0. The van der Waals surface area contributed by atoms with Crippen molar-refractivity contribution >= 4 is 5.91 Å². The lowest BCUT2D eigenvalue weighted by Gasteiger charge is -2.26. The van der Waals surface area contributed by atoms with Crippen molar-refractivity contribution in [1.82, 2.24) is 10.2 Å². The number of carbonyl (C=O) groups excluding carboxylic acids is 1. The molecule has 0 aliphatic carbocycles. The van der Waals surface area contributed by atoms with Gasteiger partial charge >= 0.3 is 0 Å². The van der Waals surface area contributed by atoms with Gasteiger partial charge in [0.2, 0.25) is 5.91 Å². The van der Waals surface area contributed by atoms with E-state index in [1.807, 2.05) is 32.7 Å². The van der Waals surface area contributed by atoms with Crippen LogP contribution in [-0.2, 0) is 4.79 Å². The zero-order valence-corrected chi connectivity index (χ0v) is 11.6. The van der Waals surface area contributed by atoms with Crippen molar-refractivity contribution in [1.29, 1.82) is 0 Å². The smallest absolute Gasteiger partial charge is 0.227 e. The molecular formula is C13H28N2O. The average molecular weight is 228 g/mol. The van der Waals surface area contributed by atoms with E-state index in [9.17, 15) is 4.79 Å². The van der Waals surface area contributed by atoms with Gasteiger partial charge in [-0.3, -0.25) is 4.79 Å². The minimum absolute atomic E-state index is 0.211. The third-order valence-electron chi connectivity index (χ3n) is 2.57. The van der Waals surface area contributed by atoms with E-state index in [1.165, 1.54) is 19.3 Å². The van der Waals surface area contributed by atoms with Crippen LogP contribution >= 0.6 is 0 Å². The Labute approximate surface area is 101 Å². The van der Waals surface area contributed by atoms with Gasteiger partial charge in [0.05, 0.1) is 0 Å². The maximum absolute atomic E-state index is 11.8. The Kier molecular flexibility index (Phi) is 7.39. The highest BCUT2D eigenvalue weighted by Crippen LogP contribution is 2.15. The van der Waals surface area contributed by atoms with Gasteiger partial charge in [-0.1, -0.05) is 40.5 Å². The summed E-state index contributed by atoms with van der Waals surface area (Å²) in [6, 6.07) is 0. The summed E-state index contributed by atoms with van der Waals surface area (Å²) in [5.74, 6) is 0.211. The molecule has 1 N–H and O–H groups in total. The molecule has 0 heterocycles. The molecule has 0 aromatic heterocycles. The first-order chi connectivity index (χ1) is 7.39. The standard InChI is InChI=1S/C13H28N2O/c1-6-7-8-9-14-10-11-15(5)12(16)13(2,3)4/h14H,6-11H2,1-5H3. The average Bonchev–Trinajstić information content (AvgIpc) is 2.20. The minimum Gasteiger partial charge on any atom is -0.344 e. The fourth-order valence-corrected chi connectivity index (χ4v) is 1.55. The van der Waals surface area contributed by atoms with Crippen molar-refractivity contribution < 1.29 is 4.79 Å². The van der Waals surface area contributed by atoms with Crippen molar-refractivity contribution in [2.75, 3.05) is 26.7 Å². The molecule has 0 unspecified atom stereocenters. The maximum atomic E-state index is 11.8. The van der Waals surface area contributed by atoms with E-state index in [0.717, 1.165) is 19.6 Å². The van der Waals surface area contributed by atoms with E-state index in [-0.39, 0.29) is 11.3 Å². The van der Waals surface area contributed by atoms with Gasteiger partial charge in [-0.2, -0.15) is 0 Å². The van der Waals surface area contributed by atoms with E-state index in [2.05, 4.69) is 12.2 Å². The molecule has 1 amide bonds. The molecule has 0 bridgehead atoms. The molecule has 0 saturated heterocycles. The minimum atomic E-state index is -0.267. The van der Waals surface area contributed by atoms with Crippen molar-refractivity contribution in [2.45, 2.75) is 47.0 Å². The molecule has 0 aromatic rings. The monoisotopic (exact) mass is 228 g/mol. The molecule has 3 heteroatoms. The highest BCUT2D eigenvalue weighted by Gasteiger charge is 2.24. The van der Waals surface area contributed by atoms with Gasteiger partial charge in [0.1, 0.15) is 0 Å². The fourth-order valence-electron chi connectivity index (χ4n) is 1.55. The Bertz CT molecular complexity index is 197. The van der Waals surface area contributed by atoms with Crippen molar-refractivity contribution in [3.8, 4) is 0 Å². The number of unbranched alkanes of at least 4 members (excludes halogenated alkanes) is 2. The summed E-state index contributed by atoms with van der Waals surface area (Å²) in [5.41, 5.74) is -0.267. The number of nitrogens with one attached hydrogen (secondary N) is 1. The molecular weight excluding hydrogens is 200 g/mol. The molecule has 0 aliphatic heterocycles. The molecule has 0 atom stereocenters. The lowest BCUT2D eigenvalue weighted by atomic mass is 9.95. The van der Waals surface area contributed by atoms with E-state index >= 15 is 0 Å². The van der Waals surface area contributed by atoms with Crippen LogP contribution in [0.25, 0.3) is 0 Å². The number of likely N-dealkylation sites (N-methyl/N-ethyl adjacent to an activating group) is 1. The van der Waals surface area contributed by atoms with Crippen LogP contribution in [0.1, 0.15) is 47.0 Å². The van der Waals surface area contributed by atoms with Crippen LogP contribution < -0.4 is 5.32 Å². The second-order valence-corrected chi connectivity index (χ2v) is 5.43. The number of amides is 1. The number of carbonyl (C=O) groups is 1. The van der Waals surface area contributed by atoms with Crippen molar-refractivity contribution in [3.63, 3.8) is 0 Å². The van der Waals surface area contributed by atoms with E-state index in [4.69, 9.17) is 0 Å². The molecule has 16 heavy (non-hydrogen) atoms. The summed E-state index contributed by atoms with van der Waals surface area (Å²) in [6.07, 6.45) is 3.77. The SMILES string of the molecule is CCCCCNCCN(C)C(=O)C(C)(C)C. The van der Waals surface area contributed by atoms with Gasteiger partial charge in [-0.05, 0) is 13.0 Å². The van der Waals surface area contributed by atoms with Crippen molar-refractivity contribution in [2.24, 2.45) is 5.41 Å². The van der Waals surface area contributed by atoms with Gasteiger partial charge in [0.25, 0.3) is 0 Å². The predicted octanol–water partition coefficient (Wildman–Crippen LogP) is 2.27. The largest absolute Gasteiger partial charge is 0.344 e. The maximum Gasteiger partial charge on any atom is 0.227 e. The first-order valence-corrected chi connectivity index (χ1v) is 6.36. The highest BCUT2D eigenvalue weighted by molar-refractivity contribution is 5.81. The second kappa shape index (κ2) is 7.66. The molecule has 3 nitrogen and oxygen atoms in total. The Morgan fingerprint density at radius 2 is 1.81 bits per heavy atom. The first-order valence-electron chi connectivity index (χ1n) is 6.36. The lowest BCUT2D eigenvalue weighted by molar-refractivity contribution is -0.137. The zero-order chi connectivity index (χ0) is 12.6. The van der Waals surface area contributed by atoms with Crippen LogP contribution in [-0.4, -0.2) is 37.5 Å². The van der Waals surface area contributed by atoms with Gasteiger partial charge in [-0.25, -0.2) is 0 Å². The normalized spacial score (nSPS) is 11.6. The molecule has 0 spiro atoms. The number of hydrogen-bond acceptors (Lipinski definition) is 2. The highest BCUT2D eigenvalue weighted by atomic mass is 16.2. The topological polar surface area (TPSA) is 32.3 Å². The molecule has 96 valence electrons. The van der Waals surface area contributed by atoms with Crippen LogP contribution in [0, 0.1) is 5.41 Å². The van der Waals surface area contributed by atoms with Crippen LogP contribution in [0.4, 0.5) is 0 Å². The lowest BCUT2D eigenvalue weighted by Crippen LogP contribution is -2.40. The summed E-state index contributed by atoms with van der Waals surface area (Å²) in [5, 5.41) is 3.36. The first kappa shape index (κ1) is 15.4. The molecule has 0 radical (unpaired) electrons. The molecule has 0 saturated carbocycles. The molecule has 0 fully saturated rings. The Morgan fingerprint density at radius 1 is 1.19 bits per heavy atom. The van der Waals surface area contributed by atoms with Gasteiger partial charge in [-0.15, -0.1) is 0 Å². The van der Waals surface area contributed by atoms with Gasteiger partial charge < -0.3 is 10.2 Å². The Morgan fingerprint density at radius 3 is 2.31 bits per heavy atom. The summed E-state index contributed by atoms with van der Waals surface area (Å²) >= 11 is 0. The number of hydrogen-bond donors (Lipinski definition) is 1. The number of nitrogens with zero attached hydrogens (tertiary/aromatic N) is 1. The van der Waals surface area contributed by atoms with Crippen LogP contribution in [0.15, 0.2) is 0 Å². The third kappa shape index (κ3) is 6.83. The second-order valence-electron chi connectivity index (χ2n) is 5.43. The van der Waals surface area contributed by atoms with Crippen LogP contribution in [0.5, 0.6) is 0 Å². The Balaban J connectivity index is 3.58. The summed E-state index contributed by atoms with van der Waals surface area (Å²) in [6.45, 7) is 10.8. The number of rotatable bonds is 7. The Hall–Kier alpha value is -0.570. The quantitative estimate of drug-likeness (QED) is 0.678. The van der Waals surface area contributed by atoms with Crippen molar-refractivity contribution in [3.05, 3.63) is 0 Å². The summed E-state index contributed by atoms with van der Waals surface area (Å²) in [7, 11) is 1.88. The van der Waals surface area contributed by atoms with Crippen LogP contribution in [0.2, 0.25) is 0 Å². The molecule has 0 rings (SSSR count). The van der Waals surface area contributed by atoms with E-state index < -0.39 is 0 Å². The van der Waals surface area contributed by atoms with E-state index in [0.29, 0.717) is 0 Å². The molecule has 0 aliphatic rings. The fraction of sp³-hybridized carbons (Fsp3) is 0.923.